The van der Waals surface area contributed by atoms with E-state index in [4.69, 9.17) is 0 Å². The van der Waals surface area contributed by atoms with Gasteiger partial charge in [0.1, 0.15) is 0 Å². The highest BCUT2D eigenvalue weighted by Gasteiger charge is 2.10. The zero-order valence-corrected chi connectivity index (χ0v) is 15.8. The van der Waals surface area contributed by atoms with Crippen molar-refractivity contribution in [2.24, 2.45) is 0 Å². The minimum Gasteiger partial charge on any atom is -0.503 e. The minimum atomic E-state index is -1.01. The molecule has 0 aliphatic heterocycles. The average Bonchev–Trinajstić information content (AvgIpc) is 2.66. The predicted molar refractivity (Wildman–Crippen MR) is 107 cm³/mol. The Morgan fingerprint density at radius 3 is 2.29 bits per heavy atom. The molecule has 1 amide bonds. The molecule has 0 aromatic heterocycles. The molecule has 28 heavy (non-hydrogen) atoms. The molecule has 3 N–H and O–H groups in total. The quantitative estimate of drug-likeness (QED) is 0.486. The number of hydrogen-bond donors (Lipinski definition) is 3. The molecule has 0 unspecified atom stereocenters. The number of anilines is 2. The molecule has 0 aliphatic rings. The Kier molecular flexibility index (Phi) is 6.16. The molecule has 7 heteroatoms. The van der Waals surface area contributed by atoms with Gasteiger partial charge in [-0.25, -0.2) is 8.78 Å². The normalized spacial score (nSPS) is 10.5. The number of aromatic hydroxyl groups is 1. The second-order valence-corrected chi connectivity index (χ2v) is 7.17. The Bertz CT molecular complexity index is 971. The summed E-state index contributed by atoms with van der Waals surface area (Å²) in [6.45, 7) is 1.81. The van der Waals surface area contributed by atoms with Crippen LogP contribution in [0, 0.1) is 11.6 Å². The van der Waals surface area contributed by atoms with Crippen LogP contribution < -0.4 is 10.6 Å². The Labute approximate surface area is 165 Å². The maximum atomic E-state index is 13.5. The molecule has 0 saturated heterocycles. The third-order valence-electron chi connectivity index (χ3n) is 3.87. The van der Waals surface area contributed by atoms with Crippen molar-refractivity contribution >= 4 is 29.0 Å². The largest absolute Gasteiger partial charge is 0.503 e. The molecular formula is C21H18F2N2O2S. The number of rotatable bonds is 6. The number of halogens is 2. The SMILES string of the molecule is CC(=O)Nc1ccc(Sc2ccccc2CNc2cc(F)c(O)c(F)c2)cc1. The van der Waals surface area contributed by atoms with Crippen molar-refractivity contribution in [3.63, 3.8) is 0 Å². The maximum Gasteiger partial charge on any atom is 0.221 e. The second-order valence-electron chi connectivity index (χ2n) is 6.06. The first-order valence-electron chi connectivity index (χ1n) is 8.47. The number of amides is 1. The summed E-state index contributed by atoms with van der Waals surface area (Å²) in [5, 5.41) is 14.9. The van der Waals surface area contributed by atoms with Crippen molar-refractivity contribution in [1.82, 2.24) is 0 Å². The Morgan fingerprint density at radius 1 is 1.00 bits per heavy atom. The van der Waals surface area contributed by atoms with Crippen LogP contribution in [-0.2, 0) is 11.3 Å². The molecule has 0 aliphatic carbocycles. The van der Waals surface area contributed by atoms with E-state index in [0.717, 1.165) is 33.2 Å². The highest BCUT2D eigenvalue weighted by atomic mass is 32.2. The summed E-state index contributed by atoms with van der Waals surface area (Å²) >= 11 is 1.54. The fraction of sp³-hybridized carbons (Fsp3) is 0.0952. The van der Waals surface area contributed by atoms with Crippen LogP contribution >= 0.6 is 11.8 Å². The van der Waals surface area contributed by atoms with E-state index >= 15 is 0 Å². The van der Waals surface area contributed by atoms with Gasteiger partial charge in [-0.15, -0.1) is 0 Å². The summed E-state index contributed by atoms with van der Waals surface area (Å²) in [5.41, 5.74) is 1.92. The monoisotopic (exact) mass is 400 g/mol. The van der Waals surface area contributed by atoms with Gasteiger partial charge in [-0.2, -0.15) is 0 Å². The van der Waals surface area contributed by atoms with Crippen LogP contribution in [0.15, 0.2) is 70.5 Å². The van der Waals surface area contributed by atoms with E-state index in [-0.39, 0.29) is 11.6 Å². The average molecular weight is 400 g/mol. The molecular weight excluding hydrogens is 382 g/mol. The number of hydrogen-bond acceptors (Lipinski definition) is 4. The van der Waals surface area contributed by atoms with Gasteiger partial charge in [0, 0.05) is 46.8 Å². The van der Waals surface area contributed by atoms with E-state index in [1.807, 2.05) is 48.5 Å². The minimum absolute atomic E-state index is 0.126. The summed E-state index contributed by atoms with van der Waals surface area (Å²) in [5.74, 6) is -3.13. The van der Waals surface area contributed by atoms with E-state index < -0.39 is 17.4 Å². The lowest BCUT2D eigenvalue weighted by molar-refractivity contribution is -0.114. The van der Waals surface area contributed by atoms with Crippen molar-refractivity contribution in [3.8, 4) is 5.75 Å². The van der Waals surface area contributed by atoms with E-state index in [9.17, 15) is 18.7 Å². The third kappa shape index (κ3) is 5.01. The smallest absolute Gasteiger partial charge is 0.221 e. The summed E-state index contributed by atoms with van der Waals surface area (Å²) < 4.78 is 27.0. The Hall–Kier alpha value is -3.06. The lowest BCUT2D eigenvalue weighted by Crippen LogP contribution is -2.05. The summed E-state index contributed by atoms with van der Waals surface area (Å²) in [7, 11) is 0. The van der Waals surface area contributed by atoms with Crippen LogP contribution in [0.25, 0.3) is 0 Å². The summed E-state index contributed by atoms with van der Waals surface area (Å²) in [6, 6.07) is 17.3. The van der Waals surface area contributed by atoms with Crippen molar-refractivity contribution in [3.05, 3.63) is 77.9 Å². The summed E-state index contributed by atoms with van der Waals surface area (Å²) in [4.78, 5) is 13.1. The van der Waals surface area contributed by atoms with Crippen LogP contribution in [0.5, 0.6) is 5.75 Å². The van der Waals surface area contributed by atoms with Crippen LogP contribution in [0.1, 0.15) is 12.5 Å². The Balaban J connectivity index is 1.72. The molecule has 0 radical (unpaired) electrons. The van der Waals surface area contributed by atoms with Gasteiger partial charge in [-0.05, 0) is 35.9 Å². The first kappa shape index (κ1) is 19.7. The zero-order valence-electron chi connectivity index (χ0n) is 15.0. The molecule has 3 aromatic rings. The van der Waals surface area contributed by atoms with Crippen LogP contribution in [0.2, 0.25) is 0 Å². The van der Waals surface area contributed by atoms with E-state index in [2.05, 4.69) is 10.6 Å². The van der Waals surface area contributed by atoms with Gasteiger partial charge in [0.05, 0.1) is 0 Å². The first-order valence-corrected chi connectivity index (χ1v) is 9.29. The molecule has 0 heterocycles. The first-order chi connectivity index (χ1) is 13.4. The molecule has 0 spiro atoms. The fourth-order valence-corrected chi connectivity index (χ4v) is 3.49. The van der Waals surface area contributed by atoms with Gasteiger partial charge in [0.25, 0.3) is 0 Å². The highest BCUT2D eigenvalue weighted by Crippen LogP contribution is 2.32. The van der Waals surface area contributed by atoms with Gasteiger partial charge >= 0.3 is 0 Å². The predicted octanol–water partition coefficient (Wildman–Crippen LogP) is 5.39. The fourth-order valence-electron chi connectivity index (χ4n) is 2.55. The van der Waals surface area contributed by atoms with Gasteiger partial charge in [0.15, 0.2) is 17.4 Å². The van der Waals surface area contributed by atoms with E-state index in [0.29, 0.717) is 6.54 Å². The second kappa shape index (κ2) is 8.75. The van der Waals surface area contributed by atoms with Crippen LogP contribution in [0.4, 0.5) is 20.2 Å². The zero-order chi connectivity index (χ0) is 20.1. The maximum absolute atomic E-state index is 13.5. The lowest BCUT2D eigenvalue weighted by atomic mass is 10.2. The number of nitrogens with one attached hydrogen (secondary N) is 2. The van der Waals surface area contributed by atoms with Gasteiger partial charge < -0.3 is 15.7 Å². The molecule has 144 valence electrons. The molecule has 0 bridgehead atoms. The van der Waals surface area contributed by atoms with Gasteiger partial charge in [0.2, 0.25) is 5.91 Å². The molecule has 3 aromatic carbocycles. The van der Waals surface area contributed by atoms with E-state index in [1.54, 1.807) is 11.8 Å². The third-order valence-corrected chi connectivity index (χ3v) is 5.00. The van der Waals surface area contributed by atoms with Gasteiger partial charge in [-0.1, -0.05) is 30.0 Å². The summed E-state index contributed by atoms with van der Waals surface area (Å²) in [6.07, 6.45) is 0. The molecule has 0 saturated carbocycles. The topological polar surface area (TPSA) is 61.4 Å². The van der Waals surface area contributed by atoms with Crippen molar-refractivity contribution in [2.75, 3.05) is 10.6 Å². The lowest BCUT2D eigenvalue weighted by Gasteiger charge is -2.12. The van der Waals surface area contributed by atoms with Crippen LogP contribution in [-0.4, -0.2) is 11.0 Å². The standard InChI is InChI=1S/C21H18F2N2O2S/c1-13(26)25-15-6-8-17(9-7-15)28-20-5-3-2-4-14(20)12-24-16-10-18(22)21(27)19(23)11-16/h2-11,24,27H,12H2,1H3,(H,25,26). The van der Waals surface area contributed by atoms with E-state index in [1.165, 1.54) is 6.92 Å². The number of carbonyl (C=O) groups excluding carboxylic acids is 1. The number of phenolic OH excluding ortho intramolecular Hbond substituents is 1. The van der Waals surface area contributed by atoms with Crippen molar-refractivity contribution in [2.45, 2.75) is 23.3 Å². The Morgan fingerprint density at radius 2 is 1.64 bits per heavy atom. The molecule has 0 fully saturated rings. The van der Waals surface area contributed by atoms with Crippen molar-refractivity contribution in [1.29, 1.82) is 0 Å². The number of phenols is 1. The molecule has 4 nitrogen and oxygen atoms in total. The number of carbonyl (C=O) groups is 1. The van der Waals surface area contributed by atoms with Crippen LogP contribution in [0.3, 0.4) is 0 Å². The molecule has 3 rings (SSSR count). The van der Waals surface area contributed by atoms with Crippen molar-refractivity contribution < 1.29 is 18.7 Å². The number of benzene rings is 3. The molecule has 0 atom stereocenters. The van der Waals surface area contributed by atoms with Gasteiger partial charge in [-0.3, -0.25) is 4.79 Å². The highest BCUT2D eigenvalue weighted by molar-refractivity contribution is 7.99.